The number of rotatable bonds is 3. The van der Waals surface area contributed by atoms with Gasteiger partial charge in [-0.25, -0.2) is 4.79 Å². The van der Waals surface area contributed by atoms with Crippen molar-refractivity contribution in [3.8, 4) is 0 Å². The minimum absolute atomic E-state index is 0.0710. The maximum atomic E-state index is 11.0. The molecule has 70 valence electrons. The van der Waals surface area contributed by atoms with Gasteiger partial charge in [-0.05, 0) is 6.07 Å². The van der Waals surface area contributed by atoms with Crippen molar-refractivity contribution < 1.29 is 14.3 Å². The van der Waals surface area contributed by atoms with E-state index in [1.165, 1.54) is 19.4 Å². The lowest BCUT2D eigenvalue weighted by Crippen LogP contribution is -2.12. The first kappa shape index (κ1) is 9.47. The van der Waals surface area contributed by atoms with Crippen LogP contribution in [0.3, 0.4) is 0 Å². The number of carbonyl (C=O) groups excluding carboxylic acids is 2. The third kappa shape index (κ3) is 1.94. The monoisotopic (exact) mass is 182 g/mol. The van der Waals surface area contributed by atoms with Gasteiger partial charge in [-0.15, -0.1) is 0 Å². The number of ketones is 1. The highest BCUT2D eigenvalue weighted by molar-refractivity contribution is 5.99. The summed E-state index contributed by atoms with van der Waals surface area (Å²) in [6.07, 6.45) is 1.43. The number of hydrogen-bond donors (Lipinski definition) is 2. The van der Waals surface area contributed by atoms with Crippen molar-refractivity contribution >= 4 is 11.8 Å². The summed E-state index contributed by atoms with van der Waals surface area (Å²) in [5.74, 6) is -0.720. The Hall–Kier alpha value is -1.62. The predicted molar refractivity (Wildman–Crippen MR) is 45.5 cm³/mol. The Labute approximate surface area is 74.9 Å². The Morgan fingerprint density at radius 3 is 2.85 bits per heavy atom. The van der Waals surface area contributed by atoms with Gasteiger partial charge < -0.3 is 15.5 Å². The Bertz CT molecular complexity index is 299. The van der Waals surface area contributed by atoms with E-state index in [1.807, 2.05) is 0 Å². The lowest BCUT2D eigenvalue weighted by molar-refractivity contribution is 0.0595. The molecule has 1 heterocycles. The third-order valence-electron chi connectivity index (χ3n) is 1.60. The molecule has 1 aromatic rings. The molecule has 0 unspecified atom stereocenters. The Morgan fingerprint density at radius 2 is 2.31 bits per heavy atom. The lowest BCUT2D eigenvalue weighted by atomic mass is 10.2. The molecule has 0 aliphatic rings. The van der Waals surface area contributed by atoms with E-state index in [0.717, 1.165) is 0 Å². The molecule has 0 amide bonds. The first-order chi connectivity index (χ1) is 6.19. The van der Waals surface area contributed by atoms with Crippen LogP contribution in [0.2, 0.25) is 0 Å². The van der Waals surface area contributed by atoms with Gasteiger partial charge in [0.1, 0.15) is 5.69 Å². The van der Waals surface area contributed by atoms with Gasteiger partial charge >= 0.3 is 5.97 Å². The number of nitrogens with one attached hydrogen (secondary N) is 1. The molecule has 0 aliphatic heterocycles. The molecule has 1 aromatic heterocycles. The van der Waals surface area contributed by atoms with Crippen LogP contribution in [-0.4, -0.2) is 30.4 Å². The van der Waals surface area contributed by atoms with Crippen molar-refractivity contribution in [1.82, 2.24) is 4.98 Å². The van der Waals surface area contributed by atoms with Crippen LogP contribution in [0.5, 0.6) is 0 Å². The fraction of sp³-hybridized carbons (Fsp3) is 0.250. The minimum Gasteiger partial charge on any atom is -0.464 e. The molecular formula is C8H10N2O3. The number of esters is 1. The summed E-state index contributed by atoms with van der Waals surface area (Å²) >= 11 is 0. The maximum absolute atomic E-state index is 11.0. The molecule has 5 heteroatoms. The first-order valence-corrected chi connectivity index (χ1v) is 3.69. The fourth-order valence-corrected chi connectivity index (χ4v) is 0.901. The van der Waals surface area contributed by atoms with Gasteiger partial charge in [0.2, 0.25) is 0 Å². The zero-order valence-electron chi connectivity index (χ0n) is 7.16. The second kappa shape index (κ2) is 3.86. The van der Waals surface area contributed by atoms with E-state index >= 15 is 0 Å². The molecule has 13 heavy (non-hydrogen) atoms. The van der Waals surface area contributed by atoms with Crippen LogP contribution in [0.4, 0.5) is 0 Å². The second-order valence-corrected chi connectivity index (χ2v) is 2.42. The average molecular weight is 182 g/mol. The number of nitrogens with two attached hydrogens (primary N) is 1. The number of methoxy groups -OCH3 is 1. The van der Waals surface area contributed by atoms with Gasteiger partial charge in [0.05, 0.1) is 13.7 Å². The van der Waals surface area contributed by atoms with Crippen LogP contribution in [0.15, 0.2) is 12.3 Å². The molecule has 0 spiro atoms. The molecular weight excluding hydrogens is 172 g/mol. The Balaban J connectivity index is 2.86. The SMILES string of the molecule is COC(=O)c1cc(C(=O)CN)c[nH]1. The van der Waals surface area contributed by atoms with Gasteiger partial charge in [-0.2, -0.15) is 0 Å². The molecule has 0 bridgehead atoms. The number of Topliss-reactive ketones (excluding diaryl/α,β-unsaturated/α-hetero) is 1. The summed E-state index contributed by atoms with van der Waals surface area (Å²) in [5.41, 5.74) is 5.78. The summed E-state index contributed by atoms with van der Waals surface area (Å²) < 4.78 is 4.45. The minimum atomic E-state index is -0.504. The third-order valence-corrected chi connectivity index (χ3v) is 1.60. The summed E-state index contributed by atoms with van der Waals surface area (Å²) in [6.45, 7) is -0.0710. The summed E-state index contributed by atoms with van der Waals surface area (Å²) in [6, 6.07) is 1.42. The fourth-order valence-electron chi connectivity index (χ4n) is 0.901. The van der Waals surface area contributed by atoms with E-state index in [4.69, 9.17) is 5.73 Å². The van der Waals surface area contributed by atoms with Crippen LogP contribution in [0, 0.1) is 0 Å². The van der Waals surface area contributed by atoms with Crippen LogP contribution in [0.1, 0.15) is 20.8 Å². The second-order valence-electron chi connectivity index (χ2n) is 2.42. The zero-order valence-corrected chi connectivity index (χ0v) is 7.16. The number of aromatic amines is 1. The summed E-state index contributed by atoms with van der Waals surface area (Å²) in [7, 11) is 1.27. The van der Waals surface area contributed by atoms with Crippen LogP contribution in [-0.2, 0) is 4.74 Å². The van der Waals surface area contributed by atoms with Crippen molar-refractivity contribution in [2.45, 2.75) is 0 Å². The quantitative estimate of drug-likeness (QED) is 0.506. The Kier molecular flexibility index (Phi) is 2.81. The van der Waals surface area contributed by atoms with Crippen molar-refractivity contribution in [1.29, 1.82) is 0 Å². The number of ether oxygens (including phenoxy) is 1. The van der Waals surface area contributed by atoms with E-state index in [1.54, 1.807) is 0 Å². The van der Waals surface area contributed by atoms with Crippen LogP contribution >= 0.6 is 0 Å². The van der Waals surface area contributed by atoms with Crippen LogP contribution < -0.4 is 5.73 Å². The van der Waals surface area contributed by atoms with Crippen molar-refractivity contribution in [2.24, 2.45) is 5.73 Å². The normalized spacial score (nSPS) is 9.69. The smallest absolute Gasteiger partial charge is 0.354 e. The average Bonchev–Trinajstić information content (AvgIpc) is 2.64. The number of aromatic nitrogens is 1. The highest BCUT2D eigenvalue weighted by Crippen LogP contribution is 2.04. The lowest BCUT2D eigenvalue weighted by Gasteiger charge is -1.92. The van der Waals surface area contributed by atoms with Gasteiger partial charge in [-0.1, -0.05) is 0 Å². The molecule has 0 radical (unpaired) electrons. The van der Waals surface area contributed by atoms with Crippen molar-refractivity contribution in [2.75, 3.05) is 13.7 Å². The summed E-state index contributed by atoms with van der Waals surface area (Å²) in [5, 5.41) is 0. The zero-order chi connectivity index (χ0) is 9.84. The number of hydrogen-bond acceptors (Lipinski definition) is 4. The summed E-state index contributed by atoms with van der Waals surface area (Å²) in [4.78, 5) is 24.6. The molecule has 5 nitrogen and oxygen atoms in total. The molecule has 0 aromatic carbocycles. The van der Waals surface area contributed by atoms with Gasteiger partial charge in [0.15, 0.2) is 5.78 Å². The molecule has 0 atom stereocenters. The Morgan fingerprint density at radius 1 is 1.62 bits per heavy atom. The largest absolute Gasteiger partial charge is 0.464 e. The highest BCUT2D eigenvalue weighted by Gasteiger charge is 2.11. The van der Waals surface area contributed by atoms with Crippen LogP contribution in [0.25, 0.3) is 0 Å². The van der Waals surface area contributed by atoms with Crippen molar-refractivity contribution in [3.63, 3.8) is 0 Å². The number of carbonyl (C=O) groups is 2. The van der Waals surface area contributed by atoms with Gasteiger partial charge in [-0.3, -0.25) is 4.79 Å². The van der Waals surface area contributed by atoms with Gasteiger partial charge in [0.25, 0.3) is 0 Å². The molecule has 0 aliphatic carbocycles. The van der Waals surface area contributed by atoms with E-state index in [-0.39, 0.29) is 18.0 Å². The van der Waals surface area contributed by atoms with E-state index in [2.05, 4.69) is 9.72 Å². The van der Waals surface area contributed by atoms with E-state index in [9.17, 15) is 9.59 Å². The van der Waals surface area contributed by atoms with Gasteiger partial charge in [0, 0.05) is 11.8 Å². The highest BCUT2D eigenvalue weighted by atomic mass is 16.5. The standard InChI is InChI=1S/C8H10N2O3/c1-13-8(12)6-2-5(4-10-6)7(11)3-9/h2,4,10H,3,9H2,1H3. The first-order valence-electron chi connectivity index (χ1n) is 3.69. The van der Waals surface area contributed by atoms with Crippen molar-refractivity contribution in [3.05, 3.63) is 23.5 Å². The number of H-pyrrole nitrogens is 1. The molecule has 0 fully saturated rings. The predicted octanol–water partition coefficient (Wildman–Crippen LogP) is -0.0573. The maximum Gasteiger partial charge on any atom is 0.354 e. The molecule has 0 saturated heterocycles. The van der Waals surface area contributed by atoms with E-state index < -0.39 is 5.97 Å². The molecule has 0 saturated carbocycles. The van der Waals surface area contributed by atoms with E-state index in [0.29, 0.717) is 5.56 Å². The topological polar surface area (TPSA) is 85.2 Å². The molecule has 3 N–H and O–H groups in total. The molecule has 1 rings (SSSR count).